The Hall–Kier alpha value is 0.350. The second-order valence-electron chi connectivity index (χ2n) is 2.51. The van der Waals surface area contributed by atoms with E-state index in [2.05, 4.69) is 11.3 Å². The average molecular weight is 147 g/mol. The Labute approximate surface area is 58.1 Å². The standard InChI is InChI=1S/C6H14NOP/c1-9-7-3-2-6(4-7)5-8/h6,8-9H,2-5H2,1H3. The fourth-order valence-electron chi connectivity index (χ4n) is 1.18. The monoisotopic (exact) mass is 147 g/mol. The zero-order valence-electron chi connectivity index (χ0n) is 5.80. The van der Waals surface area contributed by atoms with Gasteiger partial charge in [-0.05, 0) is 19.0 Å². The molecule has 0 bridgehead atoms. The molecule has 0 aromatic heterocycles. The van der Waals surface area contributed by atoms with Crippen LogP contribution in [0, 0.1) is 5.92 Å². The topological polar surface area (TPSA) is 23.5 Å². The molecule has 1 N–H and O–H groups in total. The van der Waals surface area contributed by atoms with Gasteiger partial charge in [-0.1, -0.05) is 8.73 Å². The highest BCUT2D eigenvalue weighted by Crippen LogP contribution is 2.24. The maximum Gasteiger partial charge on any atom is 0.0472 e. The van der Waals surface area contributed by atoms with Gasteiger partial charge >= 0.3 is 0 Å². The number of aliphatic hydroxyl groups is 1. The van der Waals surface area contributed by atoms with Gasteiger partial charge in [-0.3, -0.25) is 4.67 Å². The lowest BCUT2D eigenvalue weighted by Crippen LogP contribution is -2.11. The van der Waals surface area contributed by atoms with Gasteiger partial charge in [0.2, 0.25) is 0 Å². The zero-order valence-corrected chi connectivity index (χ0v) is 6.80. The number of hydrogen-bond donors (Lipinski definition) is 1. The molecule has 0 aliphatic carbocycles. The molecule has 0 saturated carbocycles. The van der Waals surface area contributed by atoms with Crippen LogP contribution in [0.25, 0.3) is 0 Å². The van der Waals surface area contributed by atoms with Crippen LogP contribution in [0.15, 0.2) is 0 Å². The Bertz CT molecular complexity index is 79.1. The zero-order chi connectivity index (χ0) is 6.69. The summed E-state index contributed by atoms with van der Waals surface area (Å²) in [6.07, 6.45) is 1.19. The van der Waals surface area contributed by atoms with Crippen molar-refractivity contribution >= 4 is 8.73 Å². The summed E-state index contributed by atoms with van der Waals surface area (Å²) >= 11 is 0. The average Bonchev–Trinajstić information content (AvgIpc) is 2.34. The van der Waals surface area contributed by atoms with Crippen molar-refractivity contribution in [1.29, 1.82) is 0 Å². The van der Waals surface area contributed by atoms with Crippen molar-refractivity contribution in [3.05, 3.63) is 0 Å². The SMILES string of the molecule is CPN1CCC(CO)C1. The fraction of sp³-hybridized carbons (Fsp3) is 1.00. The Morgan fingerprint density at radius 1 is 1.78 bits per heavy atom. The molecule has 1 aliphatic heterocycles. The molecule has 54 valence electrons. The van der Waals surface area contributed by atoms with E-state index in [-0.39, 0.29) is 0 Å². The van der Waals surface area contributed by atoms with E-state index in [1.807, 2.05) is 0 Å². The molecule has 3 heteroatoms. The minimum Gasteiger partial charge on any atom is -0.396 e. The smallest absolute Gasteiger partial charge is 0.0472 e. The Kier molecular flexibility index (Phi) is 2.90. The first-order valence-corrected chi connectivity index (χ1v) is 4.84. The molecule has 0 spiro atoms. The van der Waals surface area contributed by atoms with Crippen molar-refractivity contribution in [2.24, 2.45) is 5.92 Å². The van der Waals surface area contributed by atoms with E-state index < -0.39 is 0 Å². The summed E-state index contributed by atoms with van der Waals surface area (Å²) in [6, 6.07) is 0. The van der Waals surface area contributed by atoms with Gasteiger partial charge in [0.25, 0.3) is 0 Å². The molecule has 2 atom stereocenters. The van der Waals surface area contributed by atoms with E-state index in [0.29, 0.717) is 12.5 Å². The molecule has 9 heavy (non-hydrogen) atoms. The molecular weight excluding hydrogens is 133 g/mol. The highest BCUT2D eigenvalue weighted by Gasteiger charge is 2.19. The molecule has 2 nitrogen and oxygen atoms in total. The third kappa shape index (κ3) is 1.89. The predicted octanol–water partition coefficient (Wildman–Crippen LogP) is 0.524. The summed E-state index contributed by atoms with van der Waals surface area (Å²) in [5, 5.41) is 8.76. The lowest BCUT2D eigenvalue weighted by molar-refractivity contribution is 0.234. The van der Waals surface area contributed by atoms with E-state index in [1.54, 1.807) is 0 Å². The van der Waals surface area contributed by atoms with Crippen LogP contribution in [0.2, 0.25) is 0 Å². The molecule has 1 rings (SSSR count). The second kappa shape index (κ2) is 3.50. The van der Waals surface area contributed by atoms with Crippen LogP contribution >= 0.6 is 8.73 Å². The van der Waals surface area contributed by atoms with Gasteiger partial charge in [0.15, 0.2) is 0 Å². The summed E-state index contributed by atoms with van der Waals surface area (Å²) in [5.74, 6) is 0.567. The maximum absolute atomic E-state index is 8.76. The summed E-state index contributed by atoms with van der Waals surface area (Å²) in [6.45, 7) is 4.88. The summed E-state index contributed by atoms with van der Waals surface area (Å²) in [5.41, 5.74) is 0. The van der Waals surface area contributed by atoms with Crippen LogP contribution in [-0.4, -0.2) is 36.1 Å². The fourth-order valence-corrected chi connectivity index (χ4v) is 1.98. The number of hydrogen-bond acceptors (Lipinski definition) is 2. The van der Waals surface area contributed by atoms with E-state index in [0.717, 1.165) is 15.3 Å². The largest absolute Gasteiger partial charge is 0.396 e. The van der Waals surface area contributed by atoms with Gasteiger partial charge in [0.1, 0.15) is 0 Å². The van der Waals surface area contributed by atoms with Crippen LogP contribution in [0.3, 0.4) is 0 Å². The van der Waals surface area contributed by atoms with Crippen molar-refractivity contribution in [1.82, 2.24) is 4.67 Å². The van der Waals surface area contributed by atoms with Crippen molar-refractivity contribution in [2.45, 2.75) is 6.42 Å². The van der Waals surface area contributed by atoms with Crippen molar-refractivity contribution in [2.75, 3.05) is 26.4 Å². The molecule has 1 saturated heterocycles. The molecule has 0 radical (unpaired) electrons. The van der Waals surface area contributed by atoms with E-state index >= 15 is 0 Å². The second-order valence-corrected chi connectivity index (χ2v) is 3.59. The van der Waals surface area contributed by atoms with E-state index in [1.165, 1.54) is 13.0 Å². The Balaban J connectivity index is 2.20. The highest BCUT2D eigenvalue weighted by molar-refractivity contribution is 7.34. The van der Waals surface area contributed by atoms with Crippen molar-refractivity contribution in [3.63, 3.8) is 0 Å². The number of nitrogens with zero attached hydrogens (tertiary/aromatic N) is 1. The highest BCUT2D eigenvalue weighted by atomic mass is 31.1. The molecule has 1 aliphatic rings. The Morgan fingerprint density at radius 3 is 2.89 bits per heavy atom. The van der Waals surface area contributed by atoms with Crippen LogP contribution in [-0.2, 0) is 0 Å². The summed E-state index contributed by atoms with van der Waals surface area (Å²) < 4.78 is 2.40. The van der Waals surface area contributed by atoms with Gasteiger partial charge in [-0.2, -0.15) is 0 Å². The minimum atomic E-state index is 0.376. The first-order chi connectivity index (χ1) is 4.36. The van der Waals surface area contributed by atoms with Crippen LogP contribution < -0.4 is 0 Å². The van der Waals surface area contributed by atoms with Gasteiger partial charge in [-0.15, -0.1) is 0 Å². The first kappa shape index (κ1) is 7.46. The molecule has 1 fully saturated rings. The summed E-state index contributed by atoms with van der Waals surface area (Å²) in [4.78, 5) is 0. The molecule has 0 amide bonds. The lowest BCUT2D eigenvalue weighted by atomic mass is 10.1. The molecule has 2 unspecified atom stereocenters. The van der Waals surface area contributed by atoms with Crippen LogP contribution in [0.4, 0.5) is 0 Å². The van der Waals surface area contributed by atoms with E-state index in [9.17, 15) is 0 Å². The third-order valence-corrected chi connectivity index (χ3v) is 2.90. The van der Waals surface area contributed by atoms with Crippen molar-refractivity contribution < 1.29 is 5.11 Å². The van der Waals surface area contributed by atoms with Crippen molar-refractivity contribution in [3.8, 4) is 0 Å². The van der Waals surface area contributed by atoms with Gasteiger partial charge < -0.3 is 5.11 Å². The summed E-state index contributed by atoms with van der Waals surface area (Å²) in [7, 11) is 0.923. The molecule has 1 heterocycles. The Morgan fingerprint density at radius 2 is 2.56 bits per heavy atom. The molecule has 0 aromatic rings. The molecular formula is C6H14NOP. The van der Waals surface area contributed by atoms with Crippen LogP contribution in [0.5, 0.6) is 0 Å². The van der Waals surface area contributed by atoms with E-state index in [4.69, 9.17) is 5.11 Å². The predicted molar refractivity (Wildman–Crippen MR) is 41.0 cm³/mol. The maximum atomic E-state index is 8.76. The molecule has 0 aromatic carbocycles. The van der Waals surface area contributed by atoms with Gasteiger partial charge in [0.05, 0.1) is 0 Å². The van der Waals surface area contributed by atoms with Gasteiger partial charge in [0, 0.05) is 19.7 Å². The first-order valence-electron chi connectivity index (χ1n) is 3.40. The quantitative estimate of drug-likeness (QED) is 0.576. The minimum absolute atomic E-state index is 0.376. The number of aliphatic hydroxyl groups excluding tert-OH is 1. The lowest BCUT2D eigenvalue weighted by Gasteiger charge is -2.10. The normalized spacial score (nSPS) is 30.7. The number of rotatable bonds is 2. The van der Waals surface area contributed by atoms with Crippen LogP contribution in [0.1, 0.15) is 6.42 Å². The third-order valence-electron chi connectivity index (χ3n) is 1.86. The van der Waals surface area contributed by atoms with Gasteiger partial charge in [-0.25, -0.2) is 0 Å².